The third-order valence-electron chi connectivity index (χ3n) is 2.83. The molecule has 0 aliphatic heterocycles. The smallest absolute Gasteiger partial charge is 0.338 e. The summed E-state index contributed by atoms with van der Waals surface area (Å²) in [4.78, 5) is 27.4. The topological polar surface area (TPSA) is 56.3 Å². The van der Waals surface area contributed by atoms with E-state index in [0.29, 0.717) is 0 Å². The molecule has 0 bridgehead atoms. The number of pyridine rings is 1. The van der Waals surface area contributed by atoms with Crippen LogP contribution in [0.2, 0.25) is 0 Å². The van der Waals surface area contributed by atoms with Crippen molar-refractivity contribution in [3.8, 4) is 0 Å². The summed E-state index contributed by atoms with van der Waals surface area (Å²) in [5, 5.41) is 0.985. The van der Waals surface area contributed by atoms with Crippen molar-refractivity contribution >= 4 is 28.9 Å². The van der Waals surface area contributed by atoms with E-state index >= 15 is 0 Å². The van der Waals surface area contributed by atoms with Gasteiger partial charge in [0.25, 0.3) is 0 Å². The van der Waals surface area contributed by atoms with Crippen molar-refractivity contribution in [3.05, 3.63) is 48.2 Å². The van der Waals surface area contributed by atoms with E-state index in [4.69, 9.17) is 4.74 Å². The van der Waals surface area contributed by atoms with Gasteiger partial charge in [0.1, 0.15) is 0 Å². The van der Waals surface area contributed by atoms with Crippen LogP contribution in [0.5, 0.6) is 0 Å². The van der Waals surface area contributed by atoms with Gasteiger partial charge < -0.3 is 4.74 Å². The van der Waals surface area contributed by atoms with Gasteiger partial charge in [-0.05, 0) is 44.5 Å². The maximum absolute atomic E-state index is 11.6. The van der Waals surface area contributed by atoms with Crippen LogP contribution >= 0.6 is 0 Å². The van der Waals surface area contributed by atoms with Gasteiger partial charge in [-0.15, -0.1) is 0 Å². The third kappa shape index (κ3) is 3.99. The molecule has 1 aromatic heterocycles. The first kappa shape index (κ1) is 14.9. The molecule has 2 aromatic rings. The molecule has 2 rings (SSSR count). The predicted molar refractivity (Wildman–Crippen MR) is 81.3 cm³/mol. The number of hydrogen-bond acceptors (Lipinski definition) is 4. The van der Waals surface area contributed by atoms with Crippen LogP contribution in [0.15, 0.2) is 42.6 Å². The number of hydrogen-bond donors (Lipinski definition) is 0. The zero-order chi connectivity index (χ0) is 15.5. The molecular weight excluding hydrogens is 266 g/mol. The van der Waals surface area contributed by atoms with E-state index in [1.54, 1.807) is 33.0 Å². The van der Waals surface area contributed by atoms with E-state index < -0.39 is 17.4 Å². The number of ether oxygens (including phenoxy) is 1. The first-order valence-electron chi connectivity index (χ1n) is 6.65. The zero-order valence-electron chi connectivity index (χ0n) is 12.3. The SMILES string of the molecule is CC(C)(C)C(=O)OC(=O)/C=C/c1cnc2ccccc2c1. The molecule has 0 amide bonds. The first-order valence-corrected chi connectivity index (χ1v) is 6.65. The second-order valence-corrected chi connectivity index (χ2v) is 5.75. The Morgan fingerprint density at radius 3 is 2.62 bits per heavy atom. The summed E-state index contributed by atoms with van der Waals surface area (Å²) in [6.45, 7) is 5.08. The minimum atomic E-state index is -0.700. The fourth-order valence-electron chi connectivity index (χ4n) is 1.62. The number of benzene rings is 1. The van der Waals surface area contributed by atoms with Crippen molar-refractivity contribution in [2.75, 3.05) is 0 Å². The maximum atomic E-state index is 11.6. The lowest BCUT2D eigenvalue weighted by molar-refractivity contribution is -0.162. The van der Waals surface area contributed by atoms with Gasteiger partial charge in [0.15, 0.2) is 0 Å². The van der Waals surface area contributed by atoms with Crippen LogP contribution in [0.1, 0.15) is 26.3 Å². The summed E-state index contributed by atoms with van der Waals surface area (Å²) in [7, 11) is 0. The van der Waals surface area contributed by atoms with E-state index in [9.17, 15) is 9.59 Å². The van der Waals surface area contributed by atoms with Crippen molar-refractivity contribution in [1.82, 2.24) is 4.98 Å². The van der Waals surface area contributed by atoms with Crippen LogP contribution < -0.4 is 0 Å². The monoisotopic (exact) mass is 283 g/mol. The van der Waals surface area contributed by atoms with Crippen LogP contribution in [0.4, 0.5) is 0 Å². The van der Waals surface area contributed by atoms with Gasteiger partial charge in [-0.1, -0.05) is 18.2 Å². The highest BCUT2D eigenvalue weighted by molar-refractivity contribution is 5.96. The van der Waals surface area contributed by atoms with E-state index in [-0.39, 0.29) is 0 Å². The number of carbonyl (C=O) groups is 2. The van der Waals surface area contributed by atoms with Gasteiger partial charge in [0.2, 0.25) is 0 Å². The average molecular weight is 283 g/mol. The van der Waals surface area contributed by atoms with Crippen LogP contribution in [0.3, 0.4) is 0 Å². The number of nitrogens with zero attached hydrogens (tertiary/aromatic N) is 1. The van der Waals surface area contributed by atoms with E-state index in [2.05, 4.69) is 4.98 Å². The lowest BCUT2D eigenvalue weighted by atomic mass is 9.97. The molecule has 4 nitrogen and oxygen atoms in total. The molecule has 0 atom stereocenters. The summed E-state index contributed by atoms with van der Waals surface area (Å²) in [6, 6.07) is 9.62. The minimum absolute atomic E-state index is 0.547. The number of aromatic nitrogens is 1. The number of rotatable bonds is 2. The molecule has 0 fully saturated rings. The van der Waals surface area contributed by atoms with Gasteiger partial charge >= 0.3 is 11.9 Å². The molecule has 21 heavy (non-hydrogen) atoms. The summed E-state index contributed by atoms with van der Waals surface area (Å²) in [6.07, 6.45) is 4.48. The van der Waals surface area contributed by atoms with Crippen molar-refractivity contribution < 1.29 is 14.3 Å². The largest absolute Gasteiger partial charge is 0.389 e. The second kappa shape index (κ2) is 5.87. The Hall–Kier alpha value is -2.49. The van der Waals surface area contributed by atoms with Gasteiger partial charge in [0, 0.05) is 17.7 Å². The quantitative estimate of drug-likeness (QED) is 0.482. The molecule has 0 aliphatic carbocycles. The van der Waals surface area contributed by atoms with E-state index in [1.165, 1.54) is 6.08 Å². The minimum Gasteiger partial charge on any atom is -0.389 e. The van der Waals surface area contributed by atoms with E-state index in [1.807, 2.05) is 30.3 Å². The lowest BCUT2D eigenvalue weighted by Crippen LogP contribution is -2.25. The molecular formula is C17H17NO3. The summed E-state index contributed by atoms with van der Waals surface area (Å²) in [5.74, 6) is -1.23. The van der Waals surface area contributed by atoms with Crippen LogP contribution in [-0.4, -0.2) is 16.9 Å². The van der Waals surface area contributed by atoms with E-state index in [0.717, 1.165) is 16.5 Å². The molecule has 108 valence electrons. The van der Waals surface area contributed by atoms with Crippen molar-refractivity contribution in [1.29, 1.82) is 0 Å². The first-order chi connectivity index (χ1) is 9.86. The number of carbonyl (C=O) groups excluding carboxylic acids is 2. The molecule has 0 radical (unpaired) electrons. The third-order valence-corrected chi connectivity index (χ3v) is 2.83. The number of fused-ring (bicyclic) bond motifs is 1. The Morgan fingerprint density at radius 2 is 1.90 bits per heavy atom. The summed E-state index contributed by atoms with van der Waals surface area (Å²) >= 11 is 0. The van der Waals surface area contributed by atoms with Gasteiger partial charge in [-0.2, -0.15) is 0 Å². The van der Waals surface area contributed by atoms with Crippen molar-refractivity contribution in [3.63, 3.8) is 0 Å². The standard InChI is InChI=1S/C17H17NO3/c1-17(2,3)16(20)21-15(19)9-8-12-10-13-6-4-5-7-14(13)18-11-12/h4-11H,1-3H3/b9-8+. The molecule has 1 aromatic carbocycles. The molecule has 0 unspecified atom stereocenters. The zero-order valence-corrected chi connectivity index (χ0v) is 12.3. The Balaban J connectivity index is 2.09. The fourth-order valence-corrected chi connectivity index (χ4v) is 1.62. The Labute approximate surface area is 123 Å². The fraction of sp³-hybridized carbons (Fsp3) is 0.235. The maximum Gasteiger partial charge on any atom is 0.338 e. The molecule has 1 heterocycles. The second-order valence-electron chi connectivity index (χ2n) is 5.75. The summed E-state index contributed by atoms with van der Waals surface area (Å²) < 4.78 is 4.74. The summed E-state index contributed by atoms with van der Waals surface area (Å²) in [5.41, 5.74) is 0.961. The van der Waals surface area contributed by atoms with Gasteiger partial charge in [0.05, 0.1) is 10.9 Å². The molecule has 4 heteroatoms. The highest BCUT2D eigenvalue weighted by Gasteiger charge is 2.24. The number of para-hydroxylation sites is 1. The normalized spacial score (nSPS) is 11.8. The molecule has 0 N–H and O–H groups in total. The molecule has 0 spiro atoms. The average Bonchev–Trinajstić information content (AvgIpc) is 2.44. The Bertz CT molecular complexity index is 711. The number of esters is 2. The molecule has 0 saturated heterocycles. The molecule has 0 saturated carbocycles. The Morgan fingerprint density at radius 1 is 1.19 bits per heavy atom. The van der Waals surface area contributed by atoms with Crippen molar-refractivity contribution in [2.45, 2.75) is 20.8 Å². The van der Waals surface area contributed by atoms with Crippen LogP contribution in [-0.2, 0) is 14.3 Å². The predicted octanol–water partition coefficient (Wildman–Crippen LogP) is 3.36. The van der Waals surface area contributed by atoms with Crippen molar-refractivity contribution in [2.24, 2.45) is 5.41 Å². The highest BCUT2D eigenvalue weighted by atomic mass is 16.6. The molecule has 0 aliphatic rings. The van der Waals surface area contributed by atoms with Crippen LogP contribution in [0.25, 0.3) is 17.0 Å². The van der Waals surface area contributed by atoms with Gasteiger partial charge in [-0.3, -0.25) is 9.78 Å². The Kier molecular flexibility index (Phi) is 4.17. The van der Waals surface area contributed by atoms with Gasteiger partial charge in [-0.25, -0.2) is 4.79 Å². The highest BCUT2D eigenvalue weighted by Crippen LogP contribution is 2.16. The van der Waals surface area contributed by atoms with Crippen LogP contribution in [0, 0.1) is 5.41 Å². The lowest BCUT2D eigenvalue weighted by Gasteiger charge is -2.14.